The highest BCUT2D eigenvalue weighted by atomic mass is 32.1. The second-order valence-corrected chi connectivity index (χ2v) is 7.42. The average molecular weight is 362 g/mol. The number of ether oxygens (including phenoxy) is 1. The Morgan fingerprint density at radius 3 is 3.04 bits per heavy atom. The number of benzene rings is 1. The van der Waals surface area contributed by atoms with Gasteiger partial charge in [-0.3, -0.25) is 9.69 Å². The average Bonchev–Trinajstić information content (AvgIpc) is 3.25. The van der Waals surface area contributed by atoms with E-state index < -0.39 is 0 Å². The summed E-state index contributed by atoms with van der Waals surface area (Å²) in [6, 6.07) is 8.51. The van der Waals surface area contributed by atoms with Crippen molar-refractivity contribution in [2.45, 2.75) is 32.4 Å². The third-order valence-corrected chi connectivity index (χ3v) is 5.15. The maximum atomic E-state index is 13.4. The van der Waals surface area contributed by atoms with E-state index >= 15 is 0 Å². The molecular formula is C19H23FN2O2S. The fraction of sp³-hybridized carbons (Fsp3) is 0.421. The molecule has 2 heterocycles. The summed E-state index contributed by atoms with van der Waals surface area (Å²) >= 11 is 1.68. The summed E-state index contributed by atoms with van der Waals surface area (Å²) in [7, 11) is 0. The largest absolute Gasteiger partial charge is 0.377 e. The van der Waals surface area contributed by atoms with Crippen LogP contribution in [-0.2, 0) is 16.1 Å². The van der Waals surface area contributed by atoms with Gasteiger partial charge >= 0.3 is 0 Å². The molecule has 0 spiro atoms. The predicted octanol–water partition coefficient (Wildman–Crippen LogP) is 3.82. The molecule has 1 N–H and O–H groups in total. The van der Waals surface area contributed by atoms with Gasteiger partial charge in [0.25, 0.3) is 0 Å². The van der Waals surface area contributed by atoms with Crippen LogP contribution < -0.4 is 5.32 Å². The number of amides is 1. The summed E-state index contributed by atoms with van der Waals surface area (Å²) in [5, 5.41) is 4.87. The molecule has 1 atom stereocenters. The van der Waals surface area contributed by atoms with E-state index in [2.05, 4.69) is 16.3 Å². The van der Waals surface area contributed by atoms with E-state index in [1.54, 1.807) is 17.4 Å². The van der Waals surface area contributed by atoms with E-state index in [1.807, 2.05) is 18.4 Å². The lowest BCUT2D eigenvalue weighted by molar-refractivity contribution is -0.117. The van der Waals surface area contributed by atoms with Crippen molar-refractivity contribution in [2.24, 2.45) is 0 Å². The first kappa shape index (κ1) is 18.0. The summed E-state index contributed by atoms with van der Waals surface area (Å²) < 4.78 is 19.1. The monoisotopic (exact) mass is 362 g/mol. The molecule has 1 aliphatic rings. The van der Waals surface area contributed by atoms with Crippen LogP contribution in [0.15, 0.2) is 35.7 Å². The van der Waals surface area contributed by atoms with Gasteiger partial charge in [-0.25, -0.2) is 4.39 Å². The Morgan fingerprint density at radius 1 is 1.44 bits per heavy atom. The number of hydrogen-bond donors (Lipinski definition) is 1. The predicted molar refractivity (Wildman–Crippen MR) is 98.3 cm³/mol. The summed E-state index contributed by atoms with van der Waals surface area (Å²) in [6.45, 7) is 4.35. The Kier molecular flexibility index (Phi) is 6.18. The van der Waals surface area contributed by atoms with Gasteiger partial charge in [0.1, 0.15) is 5.82 Å². The molecule has 1 saturated heterocycles. The summed E-state index contributed by atoms with van der Waals surface area (Å²) in [5.41, 5.74) is 1.37. The van der Waals surface area contributed by atoms with Crippen LogP contribution in [0.4, 0.5) is 10.1 Å². The van der Waals surface area contributed by atoms with Crippen LogP contribution in [0.25, 0.3) is 0 Å². The van der Waals surface area contributed by atoms with Gasteiger partial charge in [0.05, 0.1) is 12.6 Å². The molecule has 3 rings (SSSR count). The van der Waals surface area contributed by atoms with Crippen LogP contribution in [0.2, 0.25) is 0 Å². The van der Waals surface area contributed by atoms with Crippen LogP contribution in [-0.4, -0.2) is 36.6 Å². The maximum Gasteiger partial charge on any atom is 0.238 e. The number of halogens is 1. The van der Waals surface area contributed by atoms with E-state index in [0.29, 0.717) is 12.2 Å². The minimum Gasteiger partial charge on any atom is -0.377 e. The maximum absolute atomic E-state index is 13.4. The van der Waals surface area contributed by atoms with Crippen LogP contribution in [0.1, 0.15) is 23.3 Å². The molecule has 6 heteroatoms. The van der Waals surface area contributed by atoms with E-state index in [4.69, 9.17) is 4.74 Å². The number of aryl methyl sites for hydroxylation is 1. The molecule has 1 aromatic heterocycles. The van der Waals surface area contributed by atoms with Gasteiger partial charge < -0.3 is 10.1 Å². The smallest absolute Gasteiger partial charge is 0.238 e. The molecule has 1 aliphatic heterocycles. The zero-order valence-electron chi connectivity index (χ0n) is 14.3. The molecule has 4 nitrogen and oxygen atoms in total. The molecule has 134 valence electrons. The van der Waals surface area contributed by atoms with Crippen molar-refractivity contribution >= 4 is 22.9 Å². The Bertz CT molecular complexity index is 699. The second-order valence-electron chi connectivity index (χ2n) is 6.39. The van der Waals surface area contributed by atoms with Crippen molar-refractivity contribution in [1.82, 2.24) is 4.90 Å². The molecule has 0 saturated carbocycles. The normalized spacial score (nSPS) is 17.2. The Labute approximate surface area is 151 Å². The van der Waals surface area contributed by atoms with E-state index in [9.17, 15) is 9.18 Å². The van der Waals surface area contributed by atoms with Crippen molar-refractivity contribution in [1.29, 1.82) is 0 Å². The lowest BCUT2D eigenvalue weighted by Gasteiger charge is -2.24. The lowest BCUT2D eigenvalue weighted by Crippen LogP contribution is -2.37. The van der Waals surface area contributed by atoms with Crippen LogP contribution in [0.5, 0.6) is 0 Å². The molecule has 1 amide bonds. The standard InChI is InChI=1S/C19H23FN2O2S/c1-14-6-7-15(20)10-18(14)21-19(23)13-22(11-16-4-2-8-24-16)12-17-5-3-9-25-17/h3,5-7,9-10,16H,2,4,8,11-13H2,1H3,(H,21,23). The SMILES string of the molecule is Cc1ccc(F)cc1NC(=O)CN(Cc1cccs1)CC1CCCO1. The van der Waals surface area contributed by atoms with Gasteiger partial charge in [-0.15, -0.1) is 11.3 Å². The highest BCUT2D eigenvalue weighted by molar-refractivity contribution is 7.09. The summed E-state index contributed by atoms with van der Waals surface area (Å²) in [6.07, 6.45) is 2.29. The number of anilines is 1. The molecule has 0 bridgehead atoms. The molecule has 0 radical (unpaired) electrons. The zero-order valence-corrected chi connectivity index (χ0v) is 15.2. The van der Waals surface area contributed by atoms with Crippen molar-refractivity contribution in [3.63, 3.8) is 0 Å². The van der Waals surface area contributed by atoms with E-state index in [-0.39, 0.29) is 24.4 Å². The number of hydrogen-bond acceptors (Lipinski definition) is 4. The van der Waals surface area contributed by atoms with Crippen molar-refractivity contribution in [2.75, 3.05) is 25.0 Å². The number of thiophene rings is 1. The van der Waals surface area contributed by atoms with E-state index in [0.717, 1.165) is 31.6 Å². The van der Waals surface area contributed by atoms with Gasteiger partial charge in [0.15, 0.2) is 0 Å². The van der Waals surface area contributed by atoms with Gasteiger partial charge in [0, 0.05) is 30.3 Å². The third-order valence-electron chi connectivity index (χ3n) is 4.29. The zero-order chi connectivity index (χ0) is 17.6. The first-order valence-electron chi connectivity index (χ1n) is 8.52. The topological polar surface area (TPSA) is 41.6 Å². The Morgan fingerprint density at radius 2 is 2.32 bits per heavy atom. The summed E-state index contributed by atoms with van der Waals surface area (Å²) in [5.74, 6) is -0.487. The van der Waals surface area contributed by atoms with Crippen molar-refractivity contribution < 1.29 is 13.9 Å². The molecule has 1 fully saturated rings. The van der Waals surface area contributed by atoms with Gasteiger partial charge in [0.2, 0.25) is 5.91 Å². The molecule has 2 aromatic rings. The lowest BCUT2D eigenvalue weighted by atomic mass is 10.2. The van der Waals surface area contributed by atoms with Crippen LogP contribution >= 0.6 is 11.3 Å². The number of nitrogens with one attached hydrogen (secondary N) is 1. The minimum absolute atomic E-state index is 0.136. The summed E-state index contributed by atoms with van der Waals surface area (Å²) in [4.78, 5) is 15.8. The van der Waals surface area contributed by atoms with Gasteiger partial charge in [-0.05, 0) is 48.9 Å². The second kappa shape index (κ2) is 8.56. The van der Waals surface area contributed by atoms with Gasteiger partial charge in [-0.1, -0.05) is 12.1 Å². The Balaban J connectivity index is 1.63. The fourth-order valence-corrected chi connectivity index (χ4v) is 3.75. The molecule has 1 unspecified atom stereocenters. The van der Waals surface area contributed by atoms with Crippen LogP contribution in [0, 0.1) is 12.7 Å². The number of carbonyl (C=O) groups is 1. The quantitative estimate of drug-likeness (QED) is 0.814. The highest BCUT2D eigenvalue weighted by Crippen LogP contribution is 2.19. The fourth-order valence-electron chi connectivity index (χ4n) is 3.01. The minimum atomic E-state index is -0.351. The number of carbonyl (C=O) groups excluding carboxylic acids is 1. The first-order valence-corrected chi connectivity index (χ1v) is 9.40. The highest BCUT2D eigenvalue weighted by Gasteiger charge is 2.21. The van der Waals surface area contributed by atoms with Crippen LogP contribution in [0.3, 0.4) is 0 Å². The molecule has 25 heavy (non-hydrogen) atoms. The first-order chi connectivity index (χ1) is 12.1. The third kappa shape index (κ3) is 5.36. The molecule has 1 aromatic carbocycles. The molecular weight excluding hydrogens is 339 g/mol. The van der Waals surface area contributed by atoms with Crippen molar-refractivity contribution in [3.8, 4) is 0 Å². The number of rotatable bonds is 7. The van der Waals surface area contributed by atoms with Crippen molar-refractivity contribution in [3.05, 3.63) is 52.0 Å². The van der Waals surface area contributed by atoms with Gasteiger partial charge in [-0.2, -0.15) is 0 Å². The van der Waals surface area contributed by atoms with E-state index in [1.165, 1.54) is 17.0 Å². The number of nitrogens with zero attached hydrogens (tertiary/aromatic N) is 1. The Hall–Kier alpha value is -1.76. The molecule has 0 aliphatic carbocycles.